The zero-order valence-corrected chi connectivity index (χ0v) is 10.8. The fourth-order valence-corrected chi connectivity index (χ4v) is 1.96. The van der Waals surface area contributed by atoms with Crippen molar-refractivity contribution in [3.8, 4) is 17.2 Å². The van der Waals surface area contributed by atoms with E-state index in [0.717, 1.165) is 11.1 Å². The summed E-state index contributed by atoms with van der Waals surface area (Å²) in [6, 6.07) is 14.0. The molecule has 0 aliphatic carbocycles. The normalized spacial score (nSPS) is 10.0. The lowest BCUT2D eigenvalue weighted by Gasteiger charge is -2.05. The van der Waals surface area contributed by atoms with Gasteiger partial charge in [-0.25, -0.2) is 4.39 Å². The first-order valence-electron chi connectivity index (χ1n) is 6.17. The van der Waals surface area contributed by atoms with Crippen LogP contribution in [0.15, 0.2) is 42.5 Å². The molecule has 0 fully saturated rings. The number of nitrogens with two attached hydrogens (primary N) is 1. The van der Waals surface area contributed by atoms with Crippen molar-refractivity contribution in [3.05, 3.63) is 59.4 Å². The lowest BCUT2D eigenvalue weighted by Crippen LogP contribution is -2.12. The highest BCUT2D eigenvalue weighted by atomic mass is 19.1. The summed E-state index contributed by atoms with van der Waals surface area (Å²) in [4.78, 5) is 11.0. The Balaban J connectivity index is 2.26. The van der Waals surface area contributed by atoms with Crippen molar-refractivity contribution in [2.45, 2.75) is 12.8 Å². The van der Waals surface area contributed by atoms with Crippen LogP contribution in [-0.2, 0) is 6.42 Å². The smallest absolute Gasteiger partial charge is 0.251 e. The monoisotopic (exact) mass is 268 g/mol. The number of carbonyl (C=O) groups excluding carboxylic acids is 1. The molecule has 2 N–H and O–H groups in total. The third-order valence-electron chi connectivity index (χ3n) is 3.05. The molecule has 3 nitrogen and oxygen atoms in total. The number of amides is 1. The van der Waals surface area contributed by atoms with Gasteiger partial charge in [-0.05, 0) is 35.2 Å². The van der Waals surface area contributed by atoms with Crippen LogP contribution >= 0.6 is 0 Å². The van der Waals surface area contributed by atoms with Crippen molar-refractivity contribution in [2.24, 2.45) is 5.73 Å². The molecule has 20 heavy (non-hydrogen) atoms. The van der Waals surface area contributed by atoms with Crippen LogP contribution < -0.4 is 5.73 Å². The summed E-state index contributed by atoms with van der Waals surface area (Å²) < 4.78 is 13.7. The van der Waals surface area contributed by atoms with Crippen LogP contribution in [0.2, 0.25) is 0 Å². The van der Waals surface area contributed by atoms with Gasteiger partial charge in [0.05, 0.1) is 11.6 Å². The number of aryl methyl sites for hydroxylation is 1. The van der Waals surface area contributed by atoms with Gasteiger partial charge in [0.15, 0.2) is 0 Å². The van der Waals surface area contributed by atoms with Gasteiger partial charge in [0.25, 0.3) is 5.91 Å². The molecule has 0 saturated carbocycles. The van der Waals surface area contributed by atoms with E-state index < -0.39 is 11.7 Å². The summed E-state index contributed by atoms with van der Waals surface area (Å²) in [5.74, 6) is -1.40. The number of hydrogen-bond donors (Lipinski definition) is 1. The zero-order valence-electron chi connectivity index (χ0n) is 10.8. The number of halogens is 1. The van der Waals surface area contributed by atoms with Crippen molar-refractivity contribution in [3.63, 3.8) is 0 Å². The fourth-order valence-electron chi connectivity index (χ4n) is 1.96. The van der Waals surface area contributed by atoms with E-state index in [1.165, 1.54) is 12.1 Å². The van der Waals surface area contributed by atoms with Gasteiger partial charge in [-0.2, -0.15) is 5.26 Å². The molecule has 2 rings (SSSR count). The summed E-state index contributed by atoms with van der Waals surface area (Å²) in [6.45, 7) is 0. The molecule has 0 aliphatic rings. The molecular weight excluding hydrogens is 255 g/mol. The number of rotatable bonds is 4. The van der Waals surface area contributed by atoms with E-state index in [-0.39, 0.29) is 5.56 Å². The Hall–Kier alpha value is -2.67. The second-order valence-corrected chi connectivity index (χ2v) is 4.41. The molecule has 2 aromatic carbocycles. The minimum atomic E-state index is -0.777. The quantitative estimate of drug-likeness (QED) is 0.926. The minimum absolute atomic E-state index is 0.112. The predicted octanol–water partition coefficient (Wildman–Crippen LogP) is 3.05. The Labute approximate surface area is 116 Å². The molecule has 100 valence electrons. The molecular formula is C16H13FN2O. The SMILES string of the molecule is N#CCCc1ccc(-c2ccc(C(N)=O)c(F)c2)cc1. The van der Waals surface area contributed by atoms with Crippen molar-refractivity contribution >= 4 is 5.91 Å². The first kappa shape index (κ1) is 13.8. The average Bonchev–Trinajstić information content (AvgIpc) is 2.45. The maximum atomic E-state index is 13.7. The van der Waals surface area contributed by atoms with Crippen molar-refractivity contribution in [1.82, 2.24) is 0 Å². The van der Waals surface area contributed by atoms with E-state index in [9.17, 15) is 9.18 Å². The number of carbonyl (C=O) groups is 1. The average molecular weight is 268 g/mol. The van der Waals surface area contributed by atoms with Crippen LogP contribution in [0.3, 0.4) is 0 Å². The highest BCUT2D eigenvalue weighted by molar-refractivity contribution is 5.93. The van der Waals surface area contributed by atoms with E-state index in [0.29, 0.717) is 18.4 Å². The van der Waals surface area contributed by atoms with Gasteiger partial charge in [-0.1, -0.05) is 30.3 Å². The van der Waals surface area contributed by atoms with Gasteiger partial charge in [0.1, 0.15) is 5.82 Å². The Morgan fingerprint density at radius 3 is 2.35 bits per heavy atom. The molecule has 0 bridgehead atoms. The molecule has 0 saturated heterocycles. The Kier molecular flexibility index (Phi) is 4.11. The van der Waals surface area contributed by atoms with Gasteiger partial charge >= 0.3 is 0 Å². The molecule has 0 heterocycles. The topological polar surface area (TPSA) is 66.9 Å². The summed E-state index contributed by atoms with van der Waals surface area (Å²) in [5, 5.41) is 8.53. The van der Waals surface area contributed by atoms with E-state index in [1.807, 2.05) is 24.3 Å². The van der Waals surface area contributed by atoms with E-state index >= 15 is 0 Å². The summed E-state index contributed by atoms with van der Waals surface area (Å²) in [5.41, 5.74) is 7.54. The molecule has 1 amide bonds. The third-order valence-corrected chi connectivity index (χ3v) is 3.05. The van der Waals surface area contributed by atoms with Gasteiger partial charge in [0, 0.05) is 6.42 Å². The number of primary amides is 1. The van der Waals surface area contributed by atoms with Crippen LogP contribution in [0, 0.1) is 17.1 Å². The zero-order chi connectivity index (χ0) is 14.5. The number of hydrogen-bond acceptors (Lipinski definition) is 2. The molecule has 0 atom stereocenters. The van der Waals surface area contributed by atoms with E-state index in [2.05, 4.69) is 6.07 Å². The van der Waals surface area contributed by atoms with Gasteiger partial charge in [0.2, 0.25) is 0 Å². The van der Waals surface area contributed by atoms with Gasteiger partial charge in [-0.3, -0.25) is 4.79 Å². The summed E-state index contributed by atoms with van der Waals surface area (Å²) >= 11 is 0. The Morgan fingerprint density at radius 2 is 1.80 bits per heavy atom. The Morgan fingerprint density at radius 1 is 1.15 bits per heavy atom. The lowest BCUT2D eigenvalue weighted by molar-refractivity contribution is 0.0996. The van der Waals surface area contributed by atoms with Crippen LogP contribution in [0.5, 0.6) is 0 Å². The number of nitriles is 1. The number of nitrogens with zero attached hydrogens (tertiary/aromatic N) is 1. The predicted molar refractivity (Wildman–Crippen MR) is 74.3 cm³/mol. The van der Waals surface area contributed by atoms with Crippen molar-refractivity contribution in [1.29, 1.82) is 5.26 Å². The summed E-state index contributed by atoms with van der Waals surface area (Å²) in [7, 11) is 0. The van der Waals surface area contributed by atoms with Crippen molar-refractivity contribution in [2.75, 3.05) is 0 Å². The van der Waals surface area contributed by atoms with Gasteiger partial charge < -0.3 is 5.73 Å². The van der Waals surface area contributed by atoms with Crippen LogP contribution in [0.25, 0.3) is 11.1 Å². The maximum Gasteiger partial charge on any atom is 0.251 e. The highest BCUT2D eigenvalue weighted by Crippen LogP contribution is 2.22. The molecule has 4 heteroatoms. The molecule has 0 aliphatic heterocycles. The molecule has 0 radical (unpaired) electrons. The first-order valence-corrected chi connectivity index (χ1v) is 6.17. The van der Waals surface area contributed by atoms with E-state index in [4.69, 9.17) is 11.0 Å². The van der Waals surface area contributed by atoms with Crippen molar-refractivity contribution < 1.29 is 9.18 Å². The largest absolute Gasteiger partial charge is 0.366 e. The lowest BCUT2D eigenvalue weighted by atomic mass is 10.0. The minimum Gasteiger partial charge on any atom is -0.366 e. The molecule has 0 aromatic heterocycles. The third kappa shape index (κ3) is 3.01. The highest BCUT2D eigenvalue weighted by Gasteiger charge is 2.09. The maximum absolute atomic E-state index is 13.7. The fraction of sp³-hybridized carbons (Fsp3) is 0.125. The second kappa shape index (κ2) is 5.98. The molecule has 0 unspecified atom stereocenters. The van der Waals surface area contributed by atoms with Crippen LogP contribution in [0.4, 0.5) is 4.39 Å². The number of benzene rings is 2. The van der Waals surface area contributed by atoms with E-state index in [1.54, 1.807) is 6.07 Å². The standard InChI is InChI=1S/C16H13FN2O/c17-15-10-13(7-8-14(15)16(19)20)12-5-3-11(4-6-12)2-1-9-18/h3-8,10H,1-2H2,(H2,19,20). The molecule has 0 spiro atoms. The summed E-state index contributed by atoms with van der Waals surface area (Å²) in [6.07, 6.45) is 1.17. The first-order chi connectivity index (χ1) is 9.61. The second-order valence-electron chi connectivity index (χ2n) is 4.41. The van der Waals surface area contributed by atoms with Crippen LogP contribution in [-0.4, -0.2) is 5.91 Å². The Bertz CT molecular complexity index is 672. The van der Waals surface area contributed by atoms with Crippen LogP contribution in [0.1, 0.15) is 22.3 Å². The van der Waals surface area contributed by atoms with Gasteiger partial charge in [-0.15, -0.1) is 0 Å². The molecule has 2 aromatic rings.